The van der Waals surface area contributed by atoms with E-state index in [0.717, 1.165) is 43.0 Å². The standard InChI is InChI=1S/C22H31N3O2S/c1-16-17(2)28-20(24-16)25-19(26)14-23-12-10-22(18-8-6-5-7-9-18)11-13-27-21(3,4)15-22/h5-9,23H,10-15H2,1-4H3,(H,24,25,26). The summed E-state index contributed by atoms with van der Waals surface area (Å²) in [6, 6.07) is 10.7. The van der Waals surface area contributed by atoms with Gasteiger partial charge in [0.25, 0.3) is 0 Å². The summed E-state index contributed by atoms with van der Waals surface area (Å²) in [7, 11) is 0. The monoisotopic (exact) mass is 401 g/mol. The van der Waals surface area contributed by atoms with Gasteiger partial charge in [-0.05, 0) is 59.1 Å². The molecular weight excluding hydrogens is 370 g/mol. The summed E-state index contributed by atoms with van der Waals surface area (Å²) in [5.41, 5.74) is 2.29. The second-order valence-corrected chi connectivity index (χ2v) is 9.52. The summed E-state index contributed by atoms with van der Waals surface area (Å²) >= 11 is 1.52. The number of carbonyl (C=O) groups excluding carboxylic acids is 1. The number of amides is 1. The van der Waals surface area contributed by atoms with Gasteiger partial charge in [-0.3, -0.25) is 4.79 Å². The first-order valence-corrected chi connectivity index (χ1v) is 10.8. The molecule has 1 unspecified atom stereocenters. The maximum Gasteiger partial charge on any atom is 0.240 e. The molecule has 1 aliphatic rings. The predicted octanol–water partition coefficient (Wildman–Crippen LogP) is 4.21. The van der Waals surface area contributed by atoms with Crippen molar-refractivity contribution >= 4 is 22.4 Å². The molecule has 0 spiro atoms. The number of ether oxygens (including phenoxy) is 1. The molecule has 1 fully saturated rings. The molecule has 0 radical (unpaired) electrons. The first-order valence-electron chi connectivity index (χ1n) is 9.94. The third-order valence-corrected chi connectivity index (χ3v) is 6.55. The Hall–Kier alpha value is -1.76. The molecule has 1 aliphatic heterocycles. The molecule has 0 bridgehead atoms. The first kappa shape index (κ1) is 21.0. The second kappa shape index (κ2) is 8.72. The summed E-state index contributed by atoms with van der Waals surface area (Å²) in [6.45, 7) is 10.2. The number of hydrogen-bond donors (Lipinski definition) is 2. The number of aromatic nitrogens is 1. The van der Waals surface area contributed by atoms with E-state index in [-0.39, 0.29) is 16.9 Å². The average molecular weight is 402 g/mol. The molecule has 2 N–H and O–H groups in total. The summed E-state index contributed by atoms with van der Waals surface area (Å²) in [6.07, 6.45) is 2.97. The molecule has 1 aromatic carbocycles. The fourth-order valence-corrected chi connectivity index (χ4v) is 4.92. The van der Waals surface area contributed by atoms with Gasteiger partial charge in [0, 0.05) is 16.9 Å². The highest BCUT2D eigenvalue weighted by molar-refractivity contribution is 7.15. The quantitative estimate of drug-likeness (QED) is 0.683. The molecule has 28 heavy (non-hydrogen) atoms. The molecule has 152 valence electrons. The van der Waals surface area contributed by atoms with Crippen molar-refractivity contribution in [3.05, 3.63) is 46.5 Å². The minimum atomic E-state index is -0.133. The number of aryl methyl sites for hydroxylation is 2. The van der Waals surface area contributed by atoms with E-state index in [9.17, 15) is 4.79 Å². The van der Waals surface area contributed by atoms with Gasteiger partial charge >= 0.3 is 0 Å². The molecule has 1 aromatic heterocycles. The maximum atomic E-state index is 12.2. The van der Waals surface area contributed by atoms with Crippen LogP contribution in [0.3, 0.4) is 0 Å². The highest BCUT2D eigenvalue weighted by Gasteiger charge is 2.41. The molecular formula is C22H31N3O2S. The van der Waals surface area contributed by atoms with Gasteiger partial charge in [-0.15, -0.1) is 11.3 Å². The lowest BCUT2D eigenvalue weighted by Crippen LogP contribution is -2.45. The van der Waals surface area contributed by atoms with Crippen LogP contribution in [0, 0.1) is 13.8 Å². The lowest BCUT2D eigenvalue weighted by molar-refractivity contribution is -0.115. The van der Waals surface area contributed by atoms with E-state index in [2.05, 4.69) is 59.8 Å². The van der Waals surface area contributed by atoms with Crippen molar-refractivity contribution in [3.8, 4) is 0 Å². The summed E-state index contributed by atoms with van der Waals surface area (Å²) < 4.78 is 5.97. The second-order valence-electron chi connectivity index (χ2n) is 8.32. The van der Waals surface area contributed by atoms with Crippen LogP contribution in [0.25, 0.3) is 0 Å². The van der Waals surface area contributed by atoms with Crippen LogP contribution in [0.4, 0.5) is 5.13 Å². The van der Waals surface area contributed by atoms with Gasteiger partial charge in [-0.1, -0.05) is 30.3 Å². The van der Waals surface area contributed by atoms with Gasteiger partial charge in [0.05, 0.1) is 17.8 Å². The predicted molar refractivity (Wildman–Crippen MR) is 115 cm³/mol. The van der Waals surface area contributed by atoms with Gasteiger partial charge in [0.2, 0.25) is 5.91 Å². The Balaban J connectivity index is 1.56. The number of hydrogen-bond acceptors (Lipinski definition) is 5. The molecule has 3 rings (SSSR count). The first-order chi connectivity index (χ1) is 13.3. The normalized spacial score (nSPS) is 21.4. The molecule has 2 aromatic rings. The van der Waals surface area contributed by atoms with E-state index in [1.165, 1.54) is 16.9 Å². The fourth-order valence-electron chi connectivity index (χ4n) is 4.09. The van der Waals surface area contributed by atoms with Crippen LogP contribution in [0.2, 0.25) is 0 Å². The van der Waals surface area contributed by atoms with Crippen LogP contribution < -0.4 is 10.6 Å². The number of carbonyl (C=O) groups is 1. The summed E-state index contributed by atoms with van der Waals surface area (Å²) in [5, 5.41) is 6.88. The van der Waals surface area contributed by atoms with Gasteiger partial charge in [-0.2, -0.15) is 0 Å². The van der Waals surface area contributed by atoms with E-state index >= 15 is 0 Å². The minimum absolute atomic E-state index is 0.0465. The van der Waals surface area contributed by atoms with E-state index in [1.807, 2.05) is 13.8 Å². The Kier molecular flexibility index (Phi) is 6.53. The fraction of sp³-hybridized carbons (Fsp3) is 0.545. The van der Waals surface area contributed by atoms with Crippen LogP contribution in [0.5, 0.6) is 0 Å². The molecule has 0 saturated carbocycles. The SMILES string of the molecule is Cc1nc(NC(=O)CNCCC2(c3ccccc3)CCOC(C)(C)C2)sc1C. The lowest BCUT2D eigenvalue weighted by Gasteiger charge is -2.45. The van der Waals surface area contributed by atoms with Crippen LogP contribution in [-0.2, 0) is 14.9 Å². The molecule has 1 atom stereocenters. The number of rotatable bonds is 7. The van der Waals surface area contributed by atoms with Gasteiger partial charge in [0.15, 0.2) is 5.13 Å². The topological polar surface area (TPSA) is 63.2 Å². The van der Waals surface area contributed by atoms with Crippen LogP contribution in [0.15, 0.2) is 30.3 Å². The van der Waals surface area contributed by atoms with Gasteiger partial charge in [-0.25, -0.2) is 4.98 Å². The van der Waals surface area contributed by atoms with Gasteiger partial charge in [0.1, 0.15) is 0 Å². The minimum Gasteiger partial charge on any atom is -0.376 e. The van der Waals surface area contributed by atoms with E-state index < -0.39 is 0 Å². The Morgan fingerprint density at radius 1 is 1.25 bits per heavy atom. The zero-order valence-electron chi connectivity index (χ0n) is 17.3. The number of benzene rings is 1. The van der Waals surface area contributed by atoms with E-state index in [4.69, 9.17) is 4.74 Å². The number of nitrogens with one attached hydrogen (secondary N) is 2. The lowest BCUT2D eigenvalue weighted by atomic mass is 9.67. The third-order valence-electron chi connectivity index (χ3n) is 5.56. The Labute approximate surface area is 171 Å². The molecule has 2 heterocycles. The molecule has 1 saturated heterocycles. The van der Waals surface area contributed by atoms with Crippen molar-refractivity contribution in [2.45, 2.75) is 58.0 Å². The van der Waals surface area contributed by atoms with Crippen molar-refractivity contribution in [3.63, 3.8) is 0 Å². The zero-order valence-corrected chi connectivity index (χ0v) is 18.1. The zero-order chi connectivity index (χ0) is 20.2. The Morgan fingerprint density at radius 3 is 2.64 bits per heavy atom. The van der Waals surface area contributed by atoms with Crippen molar-refractivity contribution in [1.82, 2.24) is 10.3 Å². The third kappa shape index (κ3) is 5.19. The van der Waals surface area contributed by atoms with E-state index in [1.54, 1.807) is 0 Å². The van der Waals surface area contributed by atoms with Crippen molar-refractivity contribution in [2.75, 3.05) is 25.0 Å². The Bertz CT molecular complexity index is 784. The molecule has 5 nitrogen and oxygen atoms in total. The summed E-state index contributed by atoms with van der Waals surface area (Å²) in [4.78, 5) is 17.7. The molecule has 6 heteroatoms. The summed E-state index contributed by atoms with van der Waals surface area (Å²) in [5.74, 6) is -0.0465. The average Bonchev–Trinajstić information content (AvgIpc) is 2.96. The van der Waals surface area contributed by atoms with Crippen molar-refractivity contribution in [2.24, 2.45) is 0 Å². The molecule has 0 aliphatic carbocycles. The number of thiazole rings is 1. The van der Waals surface area contributed by atoms with Crippen LogP contribution in [0.1, 0.15) is 49.2 Å². The number of anilines is 1. The smallest absolute Gasteiger partial charge is 0.240 e. The molecule has 1 amide bonds. The highest BCUT2D eigenvalue weighted by Crippen LogP contribution is 2.43. The Morgan fingerprint density at radius 2 is 2.00 bits per heavy atom. The maximum absolute atomic E-state index is 12.2. The largest absolute Gasteiger partial charge is 0.376 e. The van der Waals surface area contributed by atoms with Crippen molar-refractivity contribution < 1.29 is 9.53 Å². The van der Waals surface area contributed by atoms with Gasteiger partial charge < -0.3 is 15.4 Å². The van der Waals surface area contributed by atoms with Crippen molar-refractivity contribution in [1.29, 1.82) is 0 Å². The number of nitrogens with zero attached hydrogens (tertiary/aromatic N) is 1. The highest BCUT2D eigenvalue weighted by atomic mass is 32.1. The van der Waals surface area contributed by atoms with Crippen LogP contribution in [-0.4, -0.2) is 36.2 Å². The van der Waals surface area contributed by atoms with Crippen LogP contribution >= 0.6 is 11.3 Å². The van der Waals surface area contributed by atoms with E-state index in [0.29, 0.717) is 11.7 Å².